The van der Waals surface area contributed by atoms with Gasteiger partial charge in [-0.3, -0.25) is 0 Å². The van der Waals surface area contributed by atoms with Crippen LogP contribution in [0.5, 0.6) is 0 Å². The van der Waals surface area contributed by atoms with E-state index in [0.29, 0.717) is 17.9 Å². The number of aryl methyl sites for hydroxylation is 1. The minimum Gasteiger partial charge on any atom is -0.478 e. The molecule has 0 spiro atoms. The van der Waals surface area contributed by atoms with Gasteiger partial charge in [-0.05, 0) is 25.5 Å². The van der Waals surface area contributed by atoms with Crippen molar-refractivity contribution in [3.8, 4) is 0 Å². The van der Waals surface area contributed by atoms with Crippen molar-refractivity contribution in [2.24, 2.45) is 0 Å². The predicted octanol–water partition coefficient (Wildman–Crippen LogP) is 2.19. The van der Waals surface area contributed by atoms with Crippen molar-refractivity contribution < 1.29 is 19.4 Å². The van der Waals surface area contributed by atoms with Crippen LogP contribution in [-0.4, -0.2) is 48.8 Å². The summed E-state index contributed by atoms with van der Waals surface area (Å²) < 4.78 is 4.99. The summed E-state index contributed by atoms with van der Waals surface area (Å²) in [5, 5.41) is 11.8. The molecule has 1 aromatic carbocycles. The van der Waals surface area contributed by atoms with Crippen molar-refractivity contribution in [1.82, 2.24) is 4.90 Å². The molecule has 0 aliphatic rings. The maximum absolute atomic E-state index is 12.1. The average molecular weight is 280 g/mol. The molecular weight excluding hydrogens is 260 g/mol. The van der Waals surface area contributed by atoms with E-state index >= 15 is 0 Å². The van der Waals surface area contributed by atoms with Crippen LogP contribution in [0, 0.1) is 6.92 Å². The first-order valence-electron chi connectivity index (χ1n) is 6.24. The standard InChI is InChI=1S/C14H20N2O4/c1-9-6-5-7-11(12(9)13(17)18)15-14(19)16(3)10(2)8-20-4/h5-7,10H,8H2,1-4H3,(H,15,19)(H,17,18). The number of urea groups is 1. The van der Waals surface area contributed by atoms with Gasteiger partial charge in [0.25, 0.3) is 0 Å². The Kier molecular flexibility index (Phi) is 5.52. The Morgan fingerprint density at radius 2 is 2.10 bits per heavy atom. The lowest BCUT2D eigenvalue weighted by atomic mass is 10.1. The Labute approximate surface area is 118 Å². The van der Waals surface area contributed by atoms with Crippen LogP contribution in [0.2, 0.25) is 0 Å². The van der Waals surface area contributed by atoms with Crippen LogP contribution < -0.4 is 5.32 Å². The summed E-state index contributed by atoms with van der Waals surface area (Å²) in [5.74, 6) is -1.06. The SMILES string of the molecule is COCC(C)N(C)C(=O)Nc1cccc(C)c1C(=O)O. The zero-order chi connectivity index (χ0) is 15.3. The van der Waals surface area contributed by atoms with Gasteiger partial charge in [0.15, 0.2) is 0 Å². The van der Waals surface area contributed by atoms with Crippen molar-refractivity contribution in [2.75, 3.05) is 26.1 Å². The number of carbonyl (C=O) groups excluding carboxylic acids is 1. The molecule has 0 saturated heterocycles. The lowest BCUT2D eigenvalue weighted by Crippen LogP contribution is -2.40. The molecule has 0 aromatic heterocycles. The number of hydrogen-bond donors (Lipinski definition) is 2. The smallest absolute Gasteiger partial charge is 0.338 e. The van der Waals surface area contributed by atoms with Gasteiger partial charge in [0.2, 0.25) is 0 Å². The van der Waals surface area contributed by atoms with Gasteiger partial charge in [0.05, 0.1) is 23.9 Å². The summed E-state index contributed by atoms with van der Waals surface area (Å²) in [6.07, 6.45) is 0. The summed E-state index contributed by atoms with van der Waals surface area (Å²) in [5.41, 5.74) is 0.996. The third-order valence-electron chi connectivity index (χ3n) is 3.12. The number of carbonyl (C=O) groups is 2. The molecule has 20 heavy (non-hydrogen) atoms. The number of carboxylic acid groups (broad SMARTS) is 1. The van der Waals surface area contributed by atoms with E-state index in [2.05, 4.69) is 5.32 Å². The van der Waals surface area contributed by atoms with E-state index in [0.717, 1.165) is 0 Å². The van der Waals surface area contributed by atoms with Crippen molar-refractivity contribution >= 4 is 17.7 Å². The Bertz CT molecular complexity index is 502. The lowest BCUT2D eigenvalue weighted by Gasteiger charge is -2.25. The first-order valence-corrected chi connectivity index (χ1v) is 6.24. The molecule has 2 amide bonds. The van der Waals surface area contributed by atoms with E-state index in [4.69, 9.17) is 4.74 Å². The molecule has 2 N–H and O–H groups in total. The Morgan fingerprint density at radius 1 is 1.45 bits per heavy atom. The van der Waals surface area contributed by atoms with E-state index in [1.807, 2.05) is 6.92 Å². The second-order valence-corrected chi connectivity index (χ2v) is 4.65. The third-order valence-corrected chi connectivity index (χ3v) is 3.12. The van der Waals surface area contributed by atoms with Crippen LogP contribution >= 0.6 is 0 Å². The number of amides is 2. The van der Waals surface area contributed by atoms with Gasteiger partial charge in [-0.15, -0.1) is 0 Å². The van der Waals surface area contributed by atoms with Gasteiger partial charge in [0, 0.05) is 14.2 Å². The number of ether oxygens (including phenoxy) is 1. The van der Waals surface area contributed by atoms with Crippen LogP contribution in [0.25, 0.3) is 0 Å². The number of rotatable bonds is 5. The summed E-state index contributed by atoms with van der Waals surface area (Å²) >= 11 is 0. The molecule has 0 aliphatic heterocycles. The second-order valence-electron chi connectivity index (χ2n) is 4.65. The highest BCUT2D eigenvalue weighted by Gasteiger charge is 2.19. The van der Waals surface area contributed by atoms with Crippen LogP contribution in [-0.2, 0) is 4.74 Å². The van der Waals surface area contributed by atoms with Gasteiger partial charge in [-0.2, -0.15) is 0 Å². The van der Waals surface area contributed by atoms with Crippen LogP contribution in [0.1, 0.15) is 22.8 Å². The highest BCUT2D eigenvalue weighted by molar-refractivity contribution is 6.01. The summed E-state index contributed by atoms with van der Waals surface area (Å²) in [7, 11) is 3.20. The molecule has 1 atom stereocenters. The number of hydrogen-bond acceptors (Lipinski definition) is 3. The highest BCUT2D eigenvalue weighted by atomic mass is 16.5. The molecular formula is C14H20N2O4. The van der Waals surface area contributed by atoms with Gasteiger partial charge in [-0.1, -0.05) is 12.1 Å². The second kappa shape index (κ2) is 6.91. The topological polar surface area (TPSA) is 78.9 Å². The van der Waals surface area contributed by atoms with E-state index < -0.39 is 5.97 Å². The van der Waals surface area contributed by atoms with Crippen LogP contribution in [0.3, 0.4) is 0 Å². The maximum Gasteiger partial charge on any atom is 0.338 e. The Hall–Kier alpha value is -2.08. The van der Waals surface area contributed by atoms with E-state index in [1.54, 1.807) is 39.3 Å². The van der Waals surface area contributed by atoms with Gasteiger partial charge >= 0.3 is 12.0 Å². The molecule has 1 rings (SSSR count). The molecule has 1 aromatic rings. The minimum absolute atomic E-state index is 0.105. The van der Waals surface area contributed by atoms with Crippen molar-refractivity contribution in [3.05, 3.63) is 29.3 Å². The number of nitrogens with one attached hydrogen (secondary N) is 1. The monoisotopic (exact) mass is 280 g/mol. The van der Waals surface area contributed by atoms with Gasteiger partial charge < -0.3 is 20.1 Å². The summed E-state index contributed by atoms with van der Waals surface area (Å²) in [6, 6.07) is 4.48. The zero-order valence-corrected chi connectivity index (χ0v) is 12.1. The molecule has 0 heterocycles. The minimum atomic E-state index is -1.06. The maximum atomic E-state index is 12.1. The fourth-order valence-corrected chi connectivity index (χ4v) is 1.81. The fraction of sp³-hybridized carbons (Fsp3) is 0.429. The molecule has 0 bridgehead atoms. The number of methoxy groups -OCH3 is 1. The highest BCUT2D eigenvalue weighted by Crippen LogP contribution is 2.20. The summed E-state index contributed by atoms with van der Waals surface area (Å²) in [4.78, 5) is 24.8. The molecule has 110 valence electrons. The zero-order valence-electron chi connectivity index (χ0n) is 12.1. The molecule has 6 nitrogen and oxygen atoms in total. The van der Waals surface area contributed by atoms with Crippen LogP contribution in [0.15, 0.2) is 18.2 Å². The van der Waals surface area contributed by atoms with Gasteiger partial charge in [-0.25, -0.2) is 9.59 Å². The van der Waals surface area contributed by atoms with Crippen molar-refractivity contribution in [1.29, 1.82) is 0 Å². The Morgan fingerprint density at radius 3 is 2.65 bits per heavy atom. The van der Waals surface area contributed by atoms with E-state index in [1.165, 1.54) is 4.90 Å². The van der Waals surface area contributed by atoms with Crippen molar-refractivity contribution in [2.45, 2.75) is 19.9 Å². The van der Waals surface area contributed by atoms with E-state index in [9.17, 15) is 14.7 Å². The largest absolute Gasteiger partial charge is 0.478 e. The molecule has 1 unspecified atom stereocenters. The predicted molar refractivity (Wildman–Crippen MR) is 76.3 cm³/mol. The average Bonchev–Trinajstić information content (AvgIpc) is 2.37. The number of likely N-dealkylation sites (N-methyl/N-ethyl adjacent to an activating group) is 1. The first kappa shape index (κ1) is 16.0. The normalized spacial score (nSPS) is 11.8. The Balaban J connectivity index is 2.91. The van der Waals surface area contributed by atoms with Crippen LogP contribution in [0.4, 0.5) is 10.5 Å². The van der Waals surface area contributed by atoms with E-state index in [-0.39, 0.29) is 17.6 Å². The molecule has 6 heteroatoms. The molecule has 0 aliphatic carbocycles. The third kappa shape index (κ3) is 3.71. The number of anilines is 1. The quantitative estimate of drug-likeness (QED) is 0.866. The number of aromatic carboxylic acids is 1. The summed E-state index contributed by atoms with van der Waals surface area (Å²) in [6.45, 7) is 3.94. The number of nitrogens with zero attached hydrogens (tertiary/aromatic N) is 1. The first-order chi connectivity index (χ1) is 9.38. The molecule has 0 fully saturated rings. The lowest BCUT2D eigenvalue weighted by molar-refractivity contribution is 0.0697. The number of carboxylic acids is 1. The van der Waals surface area contributed by atoms with Crippen molar-refractivity contribution in [3.63, 3.8) is 0 Å². The number of benzene rings is 1. The molecule has 0 radical (unpaired) electrons. The fourth-order valence-electron chi connectivity index (χ4n) is 1.81. The van der Waals surface area contributed by atoms with Gasteiger partial charge in [0.1, 0.15) is 0 Å². The molecule has 0 saturated carbocycles.